The number of nitrogens with zero attached hydrogens (tertiary/aromatic N) is 2. The molecule has 21 heavy (non-hydrogen) atoms. The maximum Gasteiger partial charge on any atom is 0.0234 e. The summed E-state index contributed by atoms with van der Waals surface area (Å²) >= 11 is 0. The highest BCUT2D eigenvalue weighted by Crippen LogP contribution is 2.13. The first-order chi connectivity index (χ1) is 10.2. The van der Waals surface area contributed by atoms with E-state index in [4.69, 9.17) is 0 Å². The summed E-state index contributed by atoms with van der Waals surface area (Å²) in [7, 11) is 2.23. The first kappa shape index (κ1) is 16.5. The van der Waals surface area contributed by atoms with Crippen LogP contribution in [0.4, 0.5) is 0 Å². The standard InChI is InChI=1S/C18H31N3/c1-4-16(2)20(3)13-11-19-18-10-12-21(15-18)14-17-8-6-5-7-9-17/h5-9,16,18-19H,4,10-15H2,1-3H3. The summed E-state index contributed by atoms with van der Waals surface area (Å²) in [5, 5.41) is 3.72. The van der Waals surface area contributed by atoms with Crippen LogP contribution in [0.15, 0.2) is 30.3 Å². The van der Waals surface area contributed by atoms with Crippen molar-refractivity contribution >= 4 is 0 Å². The van der Waals surface area contributed by atoms with Crippen molar-refractivity contribution in [2.75, 3.05) is 33.2 Å². The lowest BCUT2D eigenvalue weighted by molar-refractivity contribution is 0.247. The first-order valence-corrected chi connectivity index (χ1v) is 8.39. The topological polar surface area (TPSA) is 18.5 Å². The molecule has 1 aliphatic heterocycles. The second kappa shape index (κ2) is 8.52. The maximum atomic E-state index is 3.72. The molecular weight excluding hydrogens is 258 g/mol. The minimum atomic E-state index is 0.666. The van der Waals surface area contributed by atoms with Crippen LogP contribution in [0.1, 0.15) is 32.3 Å². The SMILES string of the molecule is CCC(C)N(C)CCNC1CCN(Cc2ccccc2)C1. The number of likely N-dealkylation sites (N-methyl/N-ethyl adjacent to an activating group) is 1. The lowest BCUT2D eigenvalue weighted by Crippen LogP contribution is -2.39. The molecule has 118 valence electrons. The average molecular weight is 289 g/mol. The van der Waals surface area contributed by atoms with Crippen molar-refractivity contribution < 1.29 is 0 Å². The molecule has 2 rings (SSSR count). The average Bonchev–Trinajstić information content (AvgIpc) is 2.94. The summed E-state index contributed by atoms with van der Waals surface area (Å²) in [6.07, 6.45) is 2.50. The van der Waals surface area contributed by atoms with Gasteiger partial charge in [0.1, 0.15) is 0 Å². The molecular formula is C18H31N3. The maximum absolute atomic E-state index is 3.72. The fourth-order valence-electron chi connectivity index (χ4n) is 2.96. The molecule has 1 N–H and O–H groups in total. The molecule has 0 aliphatic carbocycles. The number of hydrogen-bond acceptors (Lipinski definition) is 3. The van der Waals surface area contributed by atoms with Gasteiger partial charge in [-0.25, -0.2) is 0 Å². The van der Waals surface area contributed by atoms with Gasteiger partial charge in [0.25, 0.3) is 0 Å². The number of nitrogens with one attached hydrogen (secondary N) is 1. The zero-order valence-corrected chi connectivity index (χ0v) is 13.9. The first-order valence-electron chi connectivity index (χ1n) is 8.39. The molecule has 0 aromatic heterocycles. The Morgan fingerprint density at radius 3 is 2.81 bits per heavy atom. The van der Waals surface area contributed by atoms with Crippen LogP contribution >= 0.6 is 0 Å². The van der Waals surface area contributed by atoms with E-state index in [1.54, 1.807) is 0 Å². The van der Waals surface area contributed by atoms with E-state index in [1.807, 2.05) is 0 Å². The van der Waals surface area contributed by atoms with Crippen LogP contribution in [0, 0.1) is 0 Å². The van der Waals surface area contributed by atoms with Gasteiger partial charge in [0, 0.05) is 44.8 Å². The quantitative estimate of drug-likeness (QED) is 0.793. The van der Waals surface area contributed by atoms with Gasteiger partial charge in [0.15, 0.2) is 0 Å². The number of rotatable bonds is 8. The Morgan fingerprint density at radius 1 is 1.33 bits per heavy atom. The Balaban J connectivity index is 1.64. The van der Waals surface area contributed by atoms with Gasteiger partial charge in [-0.05, 0) is 32.4 Å². The van der Waals surface area contributed by atoms with Crippen molar-refractivity contribution in [1.29, 1.82) is 0 Å². The van der Waals surface area contributed by atoms with Crippen molar-refractivity contribution in [3.8, 4) is 0 Å². The highest BCUT2D eigenvalue weighted by Gasteiger charge is 2.21. The fourth-order valence-corrected chi connectivity index (χ4v) is 2.96. The third-order valence-corrected chi connectivity index (χ3v) is 4.76. The van der Waals surface area contributed by atoms with Crippen LogP contribution < -0.4 is 5.32 Å². The molecule has 1 aromatic carbocycles. The molecule has 0 bridgehead atoms. The highest BCUT2D eigenvalue weighted by molar-refractivity contribution is 5.14. The molecule has 1 aliphatic rings. The molecule has 0 amide bonds. The molecule has 2 unspecified atom stereocenters. The molecule has 3 nitrogen and oxygen atoms in total. The van der Waals surface area contributed by atoms with Gasteiger partial charge >= 0.3 is 0 Å². The molecule has 0 radical (unpaired) electrons. The lowest BCUT2D eigenvalue weighted by Gasteiger charge is -2.24. The predicted octanol–water partition coefficient (Wildman–Crippen LogP) is 2.58. The molecule has 1 heterocycles. The minimum absolute atomic E-state index is 0.666. The van der Waals surface area contributed by atoms with E-state index in [1.165, 1.54) is 31.5 Å². The van der Waals surface area contributed by atoms with Gasteiger partial charge in [-0.2, -0.15) is 0 Å². The smallest absolute Gasteiger partial charge is 0.0234 e. The van der Waals surface area contributed by atoms with Crippen LogP contribution in [0.2, 0.25) is 0 Å². The van der Waals surface area contributed by atoms with Crippen LogP contribution in [0.25, 0.3) is 0 Å². The molecule has 0 saturated carbocycles. The minimum Gasteiger partial charge on any atom is -0.311 e. The van der Waals surface area contributed by atoms with Crippen molar-refractivity contribution in [1.82, 2.24) is 15.1 Å². The predicted molar refractivity (Wildman–Crippen MR) is 90.5 cm³/mol. The summed E-state index contributed by atoms with van der Waals surface area (Å²) in [5.41, 5.74) is 1.43. The summed E-state index contributed by atoms with van der Waals surface area (Å²) < 4.78 is 0. The Kier molecular flexibility index (Phi) is 6.68. The van der Waals surface area contributed by atoms with Crippen LogP contribution in [-0.2, 0) is 6.54 Å². The van der Waals surface area contributed by atoms with Crippen molar-refractivity contribution in [3.05, 3.63) is 35.9 Å². The Bertz CT molecular complexity index is 393. The zero-order valence-electron chi connectivity index (χ0n) is 13.9. The molecule has 1 fully saturated rings. The van der Waals surface area contributed by atoms with Gasteiger partial charge < -0.3 is 10.2 Å². The molecule has 1 aromatic rings. The van der Waals surface area contributed by atoms with Crippen LogP contribution in [-0.4, -0.2) is 55.1 Å². The van der Waals surface area contributed by atoms with E-state index < -0.39 is 0 Å². The fraction of sp³-hybridized carbons (Fsp3) is 0.667. The van der Waals surface area contributed by atoms with E-state index in [-0.39, 0.29) is 0 Å². The van der Waals surface area contributed by atoms with E-state index in [9.17, 15) is 0 Å². The van der Waals surface area contributed by atoms with Crippen molar-refractivity contribution in [2.24, 2.45) is 0 Å². The van der Waals surface area contributed by atoms with Gasteiger partial charge in [-0.3, -0.25) is 4.90 Å². The van der Waals surface area contributed by atoms with Gasteiger partial charge in [0.2, 0.25) is 0 Å². The van der Waals surface area contributed by atoms with Gasteiger partial charge in [-0.15, -0.1) is 0 Å². The monoisotopic (exact) mass is 289 g/mol. The third-order valence-electron chi connectivity index (χ3n) is 4.76. The van der Waals surface area contributed by atoms with E-state index in [0.29, 0.717) is 12.1 Å². The Morgan fingerprint density at radius 2 is 2.10 bits per heavy atom. The molecule has 2 atom stereocenters. The number of hydrogen-bond donors (Lipinski definition) is 1. The summed E-state index contributed by atoms with van der Waals surface area (Å²) in [5.74, 6) is 0. The third kappa shape index (κ3) is 5.42. The van der Waals surface area contributed by atoms with E-state index >= 15 is 0 Å². The Hall–Kier alpha value is -0.900. The second-order valence-electron chi connectivity index (χ2n) is 6.40. The van der Waals surface area contributed by atoms with E-state index in [2.05, 4.69) is 66.3 Å². The zero-order chi connectivity index (χ0) is 15.1. The van der Waals surface area contributed by atoms with E-state index in [0.717, 1.165) is 19.6 Å². The van der Waals surface area contributed by atoms with Crippen LogP contribution in [0.3, 0.4) is 0 Å². The largest absolute Gasteiger partial charge is 0.311 e. The molecule has 0 spiro atoms. The second-order valence-corrected chi connectivity index (χ2v) is 6.40. The Labute approximate surface area is 130 Å². The van der Waals surface area contributed by atoms with Gasteiger partial charge in [-0.1, -0.05) is 37.3 Å². The van der Waals surface area contributed by atoms with Crippen LogP contribution in [0.5, 0.6) is 0 Å². The van der Waals surface area contributed by atoms with Gasteiger partial charge in [0.05, 0.1) is 0 Å². The molecule has 1 saturated heterocycles. The number of likely N-dealkylation sites (tertiary alicyclic amines) is 1. The summed E-state index contributed by atoms with van der Waals surface area (Å²) in [4.78, 5) is 5.01. The summed E-state index contributed by atoms with van der Waals surface area (Å²) in [6, 6.07) is 12.1. The van der Waals surface area contributed by atoms with Crippen molar-refractivity contribution in [2.45, 2.75) is 45.3 Å². The highest BCUT2D eigenvalue weighted by atomic mass is 15.2. The summed E-state index contributed by atoms with van der Waals surface area (Å²) in [6.45, 7) is 10.3. The molecule has 3 heteroatoms. The number of benzene rings is 1. The normalized spacial score (nSPS) is 21.0. The lowest BCUT2D eigenvalue weighted by atomic mass is 10.2. The van der Waals surface area contributed by atoms with Crippen molar-refractivity contribution in [3.63, 3.8) is 0 Å².